The monoisotopic (exact) mass is 340 g/mol. The molecule has 0 aromatic heterocycles. The van der Waals surface area contributed by atoms with Crippen molar-refractivity contribution < 1.29 is 14.3 Å². The van der Waals surface area contributed by atoms with Gasteiger partial charge in [0.1, 0.15) is 5.75 Å². The van der Waals surface area contributed by atoms with Gasteiger partial charge in [-0.2, -0.15) is 0 Å². The third-order valence-electron chi connectivity index (χ3n) is 3.39. The molecule has 0 radical (unpaired) electrons. The Labute approximate surface area is 148 Å². The van der Waals surface area contributed by atoms with Crippen molar-refractivity contribution in [2.24, 2.45) is 0 Å². The van der Waals surface area contributed by atoms with Crippen LogP contribution in [0.4, 0.5) is 5.69 Å². The minimum Gasteiger partial charge on any atom is -0.494 e. The van der Waals surface area contributed by atoms with E-state index in [4.69, 9.17) is 4.74 Å². The normalized spacial score (nSPS) is 10.4. The highest BCUT2D eigenvalue weighted by Gasteiger charge is 2.09. The summed E-state index contributed by atoms with van der Waals surface area (Å²) in [6.07, 6.45) is 0.910. The van der Waals surface area contributed by atoms with E-state index in [1.807, 2.05) is 26.8 Å². The van der Waals surface area contributed by atoms with E-state index in [2.05, 4.69) is 10.6 Å². The van der Waals surface area contributed by atoms with Crippen LogP contribution in [-0.4, -0.2) is 24.5 Å². The van der Waals surface area contributed by atoms with E-state index in [-0.39, 0.29) is 17.9 Å². The Kier molecular flexibility index (Phi) is 6.57. The van der Waals surface area contributed by atoms with Gasteiger partial charge >= 0.3 is 0 Å². The van der Waals surface area contributed by atoms with Crippen LogP contribution in [0.5, 0.6) is 5.75 Å². The molecule has 0 aliphatic rings. The van der Waals surface area contributed by atoms with Crippen molar-refractivity contribution in [3.8, 4) is 5.75 Å². The highest BCUT2D eigenvalue weighted by molar-refractivity contribution is 6.04. The third-order valence-corrected chi connectivity index (χ3v) is 3.39. The lowest BCUT2D eigenvalue weighted by molar-refractivity contribution is 0.0942. The van der Waals surface area contributed by atoms with Crippen molar-refractivity contribution in [1.29, 1.82) is 0 Å². The zero-order valence-corrected chi connectivity index (χ0v) is 14.8. The van der Waals surface area contributed by atoms with Crippen LogP contribution < -0.4 is 15.4 Å². The molecule has 0 unspecified atom stereocenters. The first-order valence-electron chi connectivity index (χ1n) is 8.44. The highest BCUT2D eigenvalue weighted by atomic mass is 16.5. The quantitative estimate of drug-likeness (QED) is 0.804. The molecule has 0 fully saturated rings. The van der Waals surface area contributed by atoms with Crippen molar-refractivity contribution in [3.63, 3.8) is 0 Å². The summed E-state index contributed by atoms with van der Waals surface area (Å²) in [5.41, 5.74) is 1.71. The van der Waals surface area contributed by atoms with E-state index in [9.17, 15) is 9.59 Å². The van der Waals surface area contributed by atoms with E-state index in [1.54, 1.807) is 42.5 Å². The van der Waals surface area contributed by atoms with Crippen LogP contribution in [0.1, 0.15) is 47.9 Å². The Morgan fingerprint density at radius 3 is 2.36 bits per heavy atom. The van der Waals surface area contributed by atoms with Gasteiger partial charge in [0, 0.05) is 22.9 Å². The molecule has 0 aliphatic heterocycles. The van der Waals surface area contributed by atoms with Gasteiger partial charge in [-0.05, 0) is 62.7 Å². The zero-order chi connectivity index (χ0) is 18.2. The van der Waals surface area contributed by atoms with E-state index >= 15 is 0 Å². The topological polar surface area (TPSA) is 67.4 Å². The molecule has 0 aliphatic carbocycles. The number of amides is 2. The standard InChI is InChI=1S/C20H24N2O3/c1-4-12-25-18-7-5-6-16(13-18)20(24)22-17-10-8-15(9-11-17)19(23)21-14(2)3/h5-11,13-14H,4,12H2,1-3H3,(H,21,23)(H,22,24). The average molecular weight is 340 g/mol. The van der Waals surface area contributed by atoms with Crippen molar-refractivity contribution in [3.05, 3.63) is 59.7 Å². The molecule has 132 valence electrons. The molecule has 2 aromatic rings. The summed E-state index contributed by atoms with van der Waals surface area (Å²) in [7, 11) is 0. The molecule has 25 heavy (non-hydrogen) atoms. The number of hydrogen-bond acceptors (Lipinski definition) is 3. The Morgan fingerprint density at radius 1 is 1.00 bits per heavy atom. The van der Waals surface area contributed by atoms with Crippen LogP contribution in [-0.2, 0) is 0 Å². The second kappa shape index (κ2) is 8.87. The minimum atomic E-state index is -0.221. The van der Waals surface area contributed by atoms with Crippen LogP contribution in [0, 0.1) is 0 Å². The van der Waals surface area contributed by atoms with Crippen LogP contribution in [0.2, 0.25) is 0 Å². The van der Waals surface area contributed by atoms with Gasteiger partial charge in [-0.3, -0.25) is 9.59 Å². The Morgan fingerprint density at radius 2 is 1.72 bits per heavy atom. The van der Waals surface area contributed by atoms with E-state index < -0.39 is 0 Å². The summed E-state index contributed by atoms with van der Waals surface area (Å²) in [6, 6.07) is 14.0. The predicted molar refractivity (Wildman–Crippen MR) is 99.2 cm³/mol. The Balaban J connectivity index is 2.02. The van der Waals surface area contributed by atoms with Crippen molar-refractivity contribution >= 4 is 17.5 Å². The number of nitrogens with one attached hydrogen (secondary N) is 2. The first kappa shape index (κ1) is 18.5. The predicted octanol–water partition coefficient (Wildman–Crippen LogP) is 3.87. The molecular weight excluding hydrogens is 316 g/mol. The van der Waals surface area contributed by atoms with Crippen LogP contribution >= 0.6 is 0 Å². The van der Waals surface area contributed by atoms with Crippen molar-refractivity contribution in [2.75, 3.05) is 11.9 Å². The fraction of sp³-hybridized carbons (Fsp3) is 0.300. The van der Waals surface area contributed by atoms with Gasteiger partial charge in [-0.25, -0.2) is 0 Å². The summed E-state index contributed by atoms with van der Waals surface area (Å²) < 4.78 is 5.55. The van der Waals surface area contributed by atoms with E-state index in [0.717, 1.165) is 6.42 Å². The smallest absolute Gasteiger partial charge is 0.255 e. The second-order valence-electron chi connectivity index (χ2n) is 6.04. The van der Waals surface area contributed by atoms with Gasteiger partial charge in [-0.1, -0.05) is 13.0 Å². The van der Waals surface area contributed by atoms with Crippen molar-refractivity contribution in [2.45, 2.75) is 33.2 Å². The van der Waals surface area contributed by atoms with Crippen LogP contribution in [0.25, 0.3) is 0 Å². The lowest BCUT2D eigenvalue weighted by atomic mass is 10.1. The van der Waals surface area contributed by atoms with Gasteiger partial charge in [0.05, 0.1) is 6.61 Å². The third kappa shape index (κ3) is 5.64. The van der Waals surface area contributed by atoms with Gasteiger partial charge in [-0.15, -0.1) is 0 Å². The van der Waals surface area contributed by atoms with E-state index in [0.29, 0.717) is 29.2 Å². The van der Waals surface area contributed by atoms with Crippen LogP contribution in [0.3, 0.4) is 0 Å². The fourth-order valence-electron chi connectivity index (χ4n) is 2.20. The molecule has 2 rings (SSSR count). The molecule has 2 aromatic carbocycles. The number of benzene rings is 2. The lowest BCUT2D eigenvalue weighted by Crippen LogP contribution is -2.30. The second-order valence-corrected chi connectivity index (χ2v) is 6.04. The number of hydrogen-bond donors (Lipinski definition) is 2. The summed E-state index contributed by atoms with van der Waals surface area (Å²) in [6.45, 7) is 6.46. The Bertz CT molecular complexity index is 724. The zero-order valence-electron chi connectivity index (χ0n) is 14.8. The molecule has 0 atom stereocenters. The average Bonchev–Trinajstić information content (AvgIpc) is 2.60. The van der Waals surface area contributed by atoms with Gasteiger partial charge in [0.15, 0.2) is 0 Å². The number of anilines is 1. The SMILES string of the molecule is CCCOc1cccc(C(=O)Nc2ccc(C(=O)NC(C)C)cc2)c1. The van der Waals surface area contributed by atoms with Crippen molar-refractivity contribution in [1.82, 2.24) is 5.32 Å². The largest absolute Gasteiger partial charge is 0.494 e. The molecule has 5 nitrogen and oxygen atoms in total. The number of carbonyl (C=O) groups is 2. The fourth-order valence-corrected chi connectivity index (χ4v) is 2.20. The molecule has 0 heterocycles. The number of carbonyl (C=O) groups excluding carboxylic acids is 2. The molecule has 2 N–H and O–H groups in total. The maximum atomic E-state index is 12.4. The van der Waals surface area contributed by atoms with Gasteiger partial charge in [0.25, 0.3) is 11.8 Å². The maximum Gasteiger partial charge on any atom is 0.255 e. The first-order valence-corrected chi connectivity index (χ1v) is 8.44. The molecular formula is C20H24N2O3. The first-order chi connectivity index (χ1) is 12.0. The summed E-state index contributed by atoms with van der Waals surface area (Å²) in [5.74, 6) is 0.324. The van der Waals surface area contributed by atoms with Gasteiger partial charge < -0.3 is 15.4 Å². The summed E-state index contributed by atoms with van der Waals surface area (Å²) in [4.78, 5) is 24.3. The minimum absolute atomic E-state index is 0.0779. The lowest BCUT2D eigenvalue weighted by Gasteiger charge is -2.10. The molecule has 0 spiro atoms. The molecule has 0 bridgehead atoms. The molecule has 0 saturated heterocycles. The molecule has 5 heteroatoms. The Hall–Kier alpha value is -2.82. The van der Waals surface area contributed by atoms with E-state index in [1.165, 1.54) is 0 Å². The van der Waals surface area contributed by atoms with Gasteiger partial charge in [0.2, 0.25) is 0 Å². The van der Waals surface area contributed by atoms with Crippen LogP contribution in [0.15, 0.2) is 48.5 Å². The summed E-state index contributed by atoms with van der Waals surface area (Å²) >= 11 is 0. The molecule has 2 amide bonds. The maximum absolute atomic E-state index is 12.4. The highest BCUT2D eigenvalue weighted by Crippen LogP contribution is 2.16. The molecule has 0 saturated carbocycles. The summed E-state index contributed by atoms with van der Waals surface area (Å²) in [5, 5.41) is 5.65. The number of ether oxygens (including phenoxy) is 1. The number of rotatable bonds is 7.